The number of anilines is 1. The van der Waals surface area contributed by atoms with Crippen molar-refractivity contribution in [2.24, 2.45) is 0 Å². The molecule has 1 aliphatic heterocycles. The van der Waals surface area contributed by atoms with Gasteiger partial charge in [0.1, 0.15) is 5.82 Å². The van der Waals surface area contributed by atoms with Crippen LogP contribution in [0.2, 0.25) is 5.02 Å². The summed E-state index contributed by atoms with van der Waals surface area (Å²) in [5.74, 6) is 0.185. The summed E-state index contributed by atoms with van der Waals surface area (Å²) in [6.07, 6.45) is 2.84. The lowest BCUT2D eigenvalue weighted by Crippen LogP contribution is -2.48. The van der Waals surface area contributed by atoms with E-state index in [-0.39, 0.29) is 29.0 Å². The molecule has 0 atom stereocenters. The van der Waals surface area contributed by atoms with Gasteiger partial charge in [0, 0.05) is 42.8 Å². The molecule has 1 N–H and O–H groups in total. The Balaban J connectivity index is 1.55. The number of rotatable bonds is 7. The lowest BCUT2D eigenvalue weighted by Gasteiger charge is -2.32. The van der Waals surface area contributed by atoms with Gasteiger partial charge in [-0.1, -0.05) is 11.6 Å². The molecule has 2 aromatic heterocycles. The van der Waals surface area contributed by atoms with Crippen molar-refractivity contribution in [1.29, 1.82) is 0 Å². The summed E-state index contributed by atoms with van der Waals surface area (Å²) in [4.78, 5) is 27.2. The van der Waals surface area contributed by atoms with E-state index in [4.69, 9.17) is 25.6 Å². The minimum absolute atomic E-state index is 0.0754. The van der Waals surface area contributed by atoms with E-state index in [0.29, 0.717) is 43.3 Å². The van der Waals surface area contributed by atoms with Crippen LogP contribution in [-0.4, -0.2) is 71.9 Å². The fourth-order valence-electron chi connectivity index (χ4n) is 3.46. The summed E-state index contributed by atoms with van der Waals surface area (Å²) in [6, 6.07) is 6.93. The third kappa shape index (κ3) is 6.77. The quantitative estimate of drug-likeness (QED) is 0.447. The van der Waals surface area contributed by atoms with Crippen molar-refractivity contribution >= 4 is 33.8 Å². The fraction of sp³-hybridized carbons (Fsp3) is 0.273. The van der Waals surface area contributed by atoms with Gasteiger partial charge in [0.2, 0.25) is 11.8 Å². The largest absolute Gasteiger partial charge is 0.465 e. The zero-order valence-corrected chi connectivity index (χ0v) is 20.5. The van der Waals surface area contributed by atoms with Crippen molar-refractivity contribution in [2.45, 2.75) is 6.61 Å². The van der Waals surface area contributed by atoms with Gasteiger partial charge in [0.15, 0.2) is 5.75 Å². The molecule has 0 aliphatic carbocycles. The Morgan fingerprint density at radius 1 is 1.11 bits per heavy atom. The number of amides is 1. The number of benzene rings is 1. The van der Waals surface area contributed by atoms with Gasteiger partial charge in [-0.25, -0.2) is 24.1 Å². The fourth-order valence-corrected chi connectivity index (χ4v) is 4.04. The maximum atomic E-state index is 13.9. The first-order valence-corrected chi connectivity index (χ1v) is 12.8. The topological polar surface area (TPSA) is 135 Å². The van der Waals surface area contributed by atoms with Crippen molar-refractivity contribution in [1.82, 2.24) is 19.9 Å². The second-order valence-electron chi connectivity index (χ2n) is 7.90. The molecular weight excluding hydrogens is 517 g/mol. The Kier molecular flexibility index (Phi) is 7.52. The molecule has 0 unspecified atom stereocenters. The molecule has 3 aromatic rings. The third-order valence-corrected chi connectivity index (χ3v) is 5.89. The molecule has 3 heterocycles. The highest BCUT2D eigenvalue weighted by molar-refractivity contribution is 7.85. The average Bonchev–Trinajstić information content (AvgIpc) is 2.82. The smallest absolute Gasteiger partial charge is 0.407 e. The monoisotopic (exact) mass is 537 g/mol. The Morgan fingerprint density at radius 3 is 2.42 bits per heavy atom. The van der Waals surface area contributed by atoms with E-state index in [1.165, 1.54) is 35.5 Å². The molecule has 36 heavy (non-hydrogen) atoms. The minimum Gasteiger partial charge on any atom is -0.465 e. The highest BCUT2D eigenvalue weighted by Crippen LogP contribution is 2.28. The Morgan fingerprint density at radius 2 is 1.81 bits per heavy atom. The van der Waals surface area contributed by atoms with Gasteiger partial charge in [-0.3, -0.25) is 4.18 Å². The number of halogens is 2. The molecule has 11 nitrogen and oxygen atoms in total. The number of nitrogens with zero attached hydrogens (tertiary/aromatic N) is 5. The lowest BCUT2D eigenvalue weighted by atomic mass is 10.1. The van der Waals surface area contributed by atoms with E-state index in [1.807, 2.05) is 4.90 Å². The molecule has 1 saturated heterocycles. The second-order valence-corrected chi connectivity index (χ2v) is 9.98. The average molecular weight is 538 g/mol. The molecule has 1 fully saturated rings. The maximum absolute atomic E-state index is 13.9. The normalized spacial score (nSPS) is 14.1. The maximum Gasteiger partial charge on any atom is 0.407 e. The van der Waals surface area contributed by atoms with Crippen LogP contribution in [0.3, 0.4) is 0 Å². The SMILES string of the molecule is CS(=O)(=O)OCc1cc(Oc2cnc(N3CCN(C(=O)O)CC3)nc2)nc(-c2cc(F)cc(Cl)c2)c1. The van der Waals surface area contributed by atoms with E-state index in [2.05, 4.69) is 15.0 Å². The van der Waals surface area contributed by atoms with Crippen LogP contribution in [0.15, 0.2) is 42.7 Å². The Bertz CT molecular complexity index is 1350. The minimum atomic E-state index is -3.71. The summed E-state index contributed by atoms with van der Waals surface area (Å²) in [5.41, 5.74) is 1.06. The van der Waals surface area contributed by atoms with Crippen LogP contribution >= 0.6 is 11.6 Å². The molecule has 4 rings (SSSR count). The predicted molar refractivity (Wildman–Crippen MR) is 128 cm³/mol. The first-order valence-electron chi connectivity index (χ1n) is 10.6. The van der Waals surface area contributed by atoms with E-state index in [9.17, 15) is 17.6 Å². The summed E-state index contributed by atoms with van der Waals surface area (Å²) < 4.78 is 47.5. The van der Waals surface area contributed by atoms with Crippen LogP contribution in [0.4, 0.5) is 15.1 Å². The summed E-state index contributed by atoms with van der Waals surface area (Å²) in [5, 5.41) is 9.24. The summed E-state index contributed by atoms with van der Waals surface area (Å²) >= 11 is 5.98. The second kappa shape index (κ2) is 10.6. The first-order chi connectivity index (χ1) is 17.1. The number of aromatic nitrogens is 3. The van der Waals surface area contributed by atoms with E-state index < -0.39 is 22.0 Å². The number of piperazine rings is 1. The molecular formula is C22H21ClFN5O6S. The van der Waals surface area contributed by atoms with Gasteiger partial charge in [-0.05, 0) is 29.8 Å². The zero-order valence-electron chi connectivity index (χ0n) is 19.0. The lowest BCUT2D eigenvalue weighted by molar-refractivity contribution is 0.142. The standard InChI is InChI=1S/C22H21ClFN5O6S/c1-36(32,33)34-13-14-6-19(15-8-16(23)10-17(24)9-15)27-20(7-14)35-18-11-25-21(26-12-18)28-2-4-29(5-3-28)22(30)31/h6-12H,2-5,13H2,1H3,(H,30,31). The van der Waals surface area contributed by atoms with Crippen LogP contribution in [0.25, 0.3) is 11.3 Å². The number of hydrogen-bond acceptors (Lipinski definition) is 9. The highest BCUT2D eigenvalue weighted by atomic mass is 35.5. The van der Waals surface area contributed by atoms with Crippen LogP contribution in [-0.2, 0) is 20.9 Å². The zero-order chi connectivity index (χ0) is 25.9. The summed E-state index contributed by atoms with van der Waals surface area (Å²) in [6.45, 7) is 1.31. The van der Waals surface area contributed by atoms with E-state index in [0.717, 1.165) is 12.3 Å². The first kappa shape index (κ1) is 25.5. The molecule has 0 saturated carbocycles. The van der Waals surface area contributed by atoms with Crippen molar-refractivity contribution in [3.05, 3.63) is 59.1 Å². The van der Waals surface area contributed by atoms with E-state index in [1.54, 1.807) is 6.07 Å². The van der Waals surface area contributed by atoms with Gasteiger partial charge >= 0.3 is 6.09 Å². The number of carboxylic acid groups (broad SMARTS) is 1. The van der Waals surface area contributed by atoms with Crippen molar-refractivity contribution < 1.29 is 31.6 Å². The molecule has 0 spiro atoms. The third-order valence-electron chi connectivity index (χ3n) is 5.13. The van der Waals surface area contributed by atoms with Crippen LogP contribution < -0.4 is 9.64 Å². The molecule has 190 valence electrons. The summed E-state index contributed by atoms with van der Waals surface area (Å²) in [7, 11) is -3.71. The van der Waals surface area contributed by atoms with Crippen molar-refractivity contribution in [3.63, 3.8) is 0 Å². The van der Waals surface area contributed by atoms with Crippen molar-refractivity contribution in [3.8, 4) is 22.9 Å². The molecule has 1 aromatic carbocycles. The predicted octanol–water partition coefficient (Wildman–Crippen LogP) is 3.40. The molecule has 14 heteroatoms. The van der Waals surface area contributed by atoms with Crippen molar-refractivity contribution in [2.75, 3.05) is 37.3 Å². The Hall–Kier alpha value is -3.55. The number of carbonyl (C=O) groups is 1. The van der Waals surface area contributed by atoms with Gasteiger partial charge < -0.3 is 19.6 Å². The van der Waals surface area contributed by atoms with Gasteiger partial charge in [0.05, 0.1) is 31.0 Å². The molecule has 1 aliphatic rings. The molecule has 1 amide bonds. The van der Waals surface area contributed by atoms with Gasteiger partial charge in [-0.15, -0.1) is 0 Å². The Labute approximate surface area is 211 Å². The number of pyridine rings is 1. The van der Waals surface area contributed by atoms with Crippen LogP contribution in [0.1, 0.15) is 5.56 Å². The van der Waals surface area contributed by atoms with Crippen LogP contribution in [0.5, 0.6) is 11.6 Å². The van der Waals surface area contributed by atoms with Gasteiger partial charge in [-0.2, -0.15) is 8.42 Å². The molecule has 0 bridgehead atoms. The van der Waals surface area contributed by atoms with Crippen LogP contribution in [0, 0.1) is 5.82 Å². The molecule has 0 radical (unpaired) electrons. The van der Waals surface area contributed by atoms with E-state index >= 15 is 0 Å². The highest BCUT2D eigenvalue weighted by Gasteiger charge is 2.22. The number of hydrogen-bond donors (Lipinski definition) is 1. The van der Waals surface area contributed by atoms with Gasteiger partial charge in [0.25, 0.3) is 10.1 Å². The number of ether oxygens (including phenoxy) is 1.